The Balaban J connectivity index is 3.56. The lowest BCUT2D eigenvalue weighted by Crippen LogP contribution is -2.44. The van der Waals surface area contributed by atoms with Gasteiger partial charge in [-0.15, -0.1) is 0 Å². The summed E-state index contributed by atoms with van der Waals surface area (Å²) in [5, 5.41) is 0. The van der Waals surface area contributed by atoms with Gasteiger partial charge in [-0.05, 0) is 0 Å². The molecule has 0 aliphatic heterocycles. The lowest BCUT2D eigenvalue weighted by atomic mass is 11.1. The van der Waals surface area contributed by atoms with Crippen molar-refractivity contribution in [1.29, 1.82) is 0 Å². The van der Waals surface area contributed by atoms with Crippen LogP contribution < -0.4 is 33.5 Å². The topological polar surface area (TPSA) is 170 Å². The maximum absolute atomic E-state index is 10.6. The summed E-state index contributed by atoms with van der Waals surface area (Å²) >= 11 is 0. The molecule has 0 saturated carbocycles. The van der Waals surface area contributed by atoms with Crippen LogP contribution in [0.5, 0.6) is 0 Å². The number of carbonyl (C=O) groups excluding carboxylic acids is 3. The van der Waals surface area contributed by atoms with Gasteiger partial charge in [0.2, 0.25) is 0 Å². The molecular weight excluding hydrogens is 200 g/mol. The zero-order chi connectivity index (χ0) is 11.0. The van der Waals surface area contributed by atoms with Crippen molar-refractivity contribution in [1.82, 2.24) is 21.8 Å². The quantitative estimate of drug-likeness (QED) is 0.143. The van der Waals surface area contributed by atoms with E-state index in [2.05, 4.69) is 21.4 Å². The normalized spacial score (nSPS) is 8.14. The van der Waals surface area contributed by atoms with Crippen LogP contribution in [-0.2, 0) is 9.68 Å². The highest BCUT2D eigenvalue weighted by atomic mass is 16.7. The predicted octanol–water partition coefficient (Wildman–Crippen LogP) is -2.68. The van der Waals surface area contributed by atoms with Gasteiger partial charge in [-0.3, -0.25) is 10.9 Å². The van der Waals surface area contributed by atoms with Gasteiger partial charge in [0.25, 0.3) is 0 Å². The summed E-state index contributed by atoms with van der Waals surface area (Å²) in [5.74, 6) is 9.19. The first-order chi connectivity index (χ1) is 6.60. The molecule has 0 aromatic carbocycles. The molecule has 11 heteroatoms. The monoisotopic (exact) mass is 208 g/mol. The third-order valence-electron chi connectivity index (χ3n) is 0.709. The summed E-state index contributed by atoms with van der Waals surface area (Å²) in [7, 11) is 0. The Morgan fingerprint density at radius 3 is 1.50 bits per heavy atom. The van der Waals surface area contributed by atoms with E-state index in [4.69, 9.17) is 0 Å². The summed E-state index contributed by atoms with van der Waals surface area (Å²) in [6.07, 6.45) is -2.22. The fraction of sp³-hybridized carbons (Fsp3) is 0. The van der Waals surface area contributed by atoms with E-state index in [-0.39, 0.29) is 0 Å². The van der Waals surface area contributed by atoms with Gasteiger partial charge in [0.1, 0.15) is 0 Å². The van der Waals surface area contributed by atoms with Crippen molar-refractivity contribution >= 4 is 18.2 Å². The van der Waals surface area contributed by atoms with E-state index in [1.807, 2.05) is 0 Å². The molecule has 0 unspecified atom stereocenters. The second-order valence-electron chi connectivity index (χ2n) is 1.60. The predicted molar refractivity (Wildman–Crippen MR) is 39.3 cm³/mol. The SMILES string of the molecule is NNC(=O)ONC(=O)NOC(=O)NN. The number of amides is 4. The van der Waals surface area contributed by atoms with Gasteiger partial charge in [0.05, 0.1) is 0 Å². The van der Waals surface area contributed by atoms with Gasteiger partial charge >= 0.3 is 18.2 Å². The molecular formula is C3H8N6O5. The van der Waals surface area contributed by atoms with Crippen LogP contribution in [-0.4, -0.2) is 18.2 Å². The molecule has 0 aliphatic carbocycles. The molecule has 0 atom stereocenters. The molecule has 0 aromatic heterocycles. The maximum atomic E-state index is 10.6. The summed E-state index contributed by atoms with van der Waals surface area (Å²) in [5.41, 5.74) is 6.16. The molecule has 0 aliphatic rings. The number of urea groups is 1. The van der Waals surface area contributed by atoms with Crippen LogP contribution in [0, 0.1) is 0 Å². The largest absolute Gasteiger partial charge is 0.445 e. The number of hydrogen-bond acceptors (Lipinski definition) is 7. The molecule has 0 bridgehead atoms. The van der Waals surface area contributed by atoms with E-state index in [1.54, 1.807) is 10.9 Å². The summed E-state index contributed by atoms with van der Waals surface area (Å²) < 4.78 is 0. The molecule has 0 rings (SSSR count). The second kappa shape index (κ2) is 6.27. The van der Waals surface area contributed by atoms with Crippen molar-refractivity contribution in [3.05, 3.63) is 0 Å². The zero-order valence-electron chi connectivity index (χ0n) is 6.70. The molecule has 0 fully saturated rings. The molecule has 0 aromatic rings. The molecule has 0 heterocycles. The molecule has 11 nitrogen and oxygen atoms in total. The average Bonchev–Trinajstić information content (AvgIpc) is 2.22. The van der Waals surface area contributed by atoms with Gasteiger partial charge < -0.3 is 9.68 Å². The average molecular weight is 208 g/mol. The highest BCUT2D eigenvalue weighted by Gasteiger charge is 2.06. The van der Waals surface area contributed by atoms with Gasteiger partial charge in [0, 0.05) is 0 Å². The van der Waals surface area contributed by atoms with Crippen molar-refractivity contribution < 1.29 is 24.1 Å². The summed E-state index contributed by atoms with van der Waals surface area (Å²) in [6.45, 7) is 0. The summed E-state index contributed by atoms with van der Waals surface area (Å²) in [6, 6.07) is -1.11. The van der Waals surface area contributed by atoms with Crippen molar-refractivity contribution in [2.24, 2.45) is 11.7 Å². The van der Waals surface area contributed by atoms with E-state index in [9.17, 15) is 14.4 Å². The highest BCUT2D eigenvalue weighted by molar-refractivity contribution is 5.76. The minimum atomic E-state index is -1.11. The Morgan fingerprint density at radius 1 is 0.857 bits per heavy atom. The summed E-state index contributed by atoms with van der Waals surface area (Å²) in [4.78, 5) is 39.0. The first-order valence-corrected chi connectivity index (χ1v) is 3.01. The number of rotatable bonds is 0. The fourth-order valence-corrected chi connectivity index (χ4v) is 0.265. The maximum Gasteiger partial charge on any atom is 0.445 e. The third-order valence-corrected chi connectivity index (χ3v) is 0.709. The molecule has 80 valence electrons. The van der Waals surface area contributed by atoms with Gasteiger partial charge in [-0.25, -0.2) is 26.1 Å². The molecule has 0 radical (unpaired) electrons. The third kappa shape index (κ3) is 5.39. The number of hydrogen-bond donors (Lipinski definition) is 6. The van der Waals surface area contributed by atoms with Crippen LogP contribution in [0.3, 0.4) is 0 Å². The number of hydrazine groups is 2. The van der Waals surface area contributed by atoms with Gasteiger partial charge in [-0.1, -0.05) is 0 Å². The smallest absolute Gasteiger partial charge is 0.319 e. The van der Waals surface area contributed by atoms with Crippen molar-refractivity contribution in [3.8, 4) is 0 Å². The lowest BCUT2D eigenvalue weighted by Gasteiger charge is -2.05. The Bertz CT molecular complexity index is 208. The number of hydroxylamine groups is 2. The lowest BCUT2D eigenvalue weighted by molar-refractivity contribution is 0.0672. The number of carbonyl (C=O) groups is 3. The van der Waals surface area contributed by atoms with Crippen molar-refractivity contribution in [2.75, 3.05) is 0 Å². The van der Waals surface area contributed by atoms with Crippen LogP contribution >= 0.6 is 0 Å². The van der Waals surface area contributed by atoms with E-state index >= 15 is 0 Å². The van der Waals surface area contributed by atoms with Crippen LogP contribution in [0.25, 0.3) is 0 Å². The van der Waals surface area contributed by atoms with Crippen molar-refractivity contribution in [2.45, 2.75) is 0 Å². The first-order valence-electron chi connectivity index (χ1n) is 3.01. The minimum Gasteiger partial charge on any atom is -0.319 e. The van der Waals surface area contributed by atoms with Gasteiger partial charge in [0.15, 0.2) is 0 Å². The van der Waals surface area contributed by atoms with E-state index in [0.717, 1.165) is 0 Å². The van der Waals surface area contributed by atoms with Crippen LogP contribution in [0.4, 0.5) is 14.4 Å². The minimum absolute atomic E-state index is 1.11. The molecule has 14 heavy (non-hydrogen) atoms. The van der Waals surface area contributed by atoms with Crippen LogP contribution in [0.2, 0.25) is 0 Å². The van der Waals surface area contributed by atoms with Crippen LogP contribution in [0.15, 0.2) is 0 Å². The van der Waals surface area contributed by atoms with E-state index < -0.39 is 18.2 Å². The van der Waals surface area contributed by atoms with Gasteiger partial charge in [-0.2, -0.15) is 11.0 Å². The molecule has 0 spiro atoms. The second-order valence-corrected chi connectivity index (χ2v) is 1.60. The Hall–Kier alpha value is -2.27. The zero-order valence-corrected chi connectivity index (χ0v) is 6.70. The molecule has 8 N–H and O–H groups in total. The molecule has 4 amide bonds. The number of nitrogens with one attached hydrogen (secondary N) is 4. The Kier molecular flexibility index (Phi) is 5.25. The Labute approximate surface area is 76.9 Å². The fourth-order valence-electron chi connectivity index (χ4n) is 0.265. The standard InChI is InChI=1S/C3H8N6O5/c4-6-2(11)13-8-1(10)9-14-3(12)7-5/h4-5H2,(H,6,11)(H,7,12)(H2,8,9,10). The Morgan fingerprint density at radius 2 is 1.21 bits per heavy atom. The van der Waals surface area contributed by atoms with Crippen LogP contribution in [0.1, 0.15) is 0 Å². The first kappa shape index (κ1) is 11.7. The molecule has 0 saturated heterocycles. The van der Waals surface area contributed by atoms with E-state index in [1.165, 1.54) is 11.0 Å². The van der Waals surface area contributed by atoms with Crippen molar-refractivity contribution in [3.63, 3.8) is 0 Å². The van der Waals surface area contributed by atoms with E-state index in [0.29, 0.717) is 0 Å². The highest BCUT2D eigenvalue weighted by Crippen LogP contribution is 1.72. The number of nitrogens with two attached hydrogens (primary N) is 2.